The highest BCUT2D eigenvalue weighted by Crippen LogP contribution is 2.28. The molecule has 0 spiro atoms. The van der Waals surface area contributed by atoms with E-state index in [4.69, 9.17) is 21.1 Å². The molecule has 2 aromatic carbocycles. The summed E-state index contributed by atoms with van der Waals surface area (Å²) in [4.78, 5) is 0. The second-order valence-electron chi connectivity index (χ2n) is 4.19. The van der Waals surface area contributed by atoms with Crippen molar-refractivity contribution < 1.29 is 9.47 Å². The van der Waals surface area contributed by atoms with Gasteiger partial charge in [0.1, 0.15) is 18.1 Å². The molecule has 0 aromatic heterocycles. The van der Waals surface area contributed by atoms with Crippen LogP contribution >= 0.6 is 27.5 Å². The first-order chi connectivity index (χ1) is 9.10. The number of benzene rings is 2. The normalized spacial score (nSPS) is 10.3. The van der Waals surface area contributed by atoms with Crippen molar-refractivity contribution >= 4 is 27.5 Å². The maximum atomic E-state index is 6.12. The third-order valence-corrected chi connectivity index (χ3v) is 3.61. The Bertz CT molecular complexity index is 584. The van der Waals surface area contributed by atoms with Gasteiger partial charge >= 0.3 is 0 Å². The van der Waals surface area contributed by atoms with Gasteiger partial charge in [-0.05, 0) is 58.2 Å². The van der Waals surface area contributed by atoms with Crippen LogP contribution in [0.3, 0.4) is 0 Å². The first-order valence-corrected chi connectivity index (χ1v) is 6.98. The molecule has 0 N–H and O–H groups in total. The summed E-state index contributed by atoms with van der Waals surface area (Å²) in [5.74, 6) is 1.50. The SMILES string of the molecule is COc1ccc(COc2ccc(C)cc2Cl)cc1Br. The third-order valence-electron chi connectivity index (χ3n) is 2.70. The van der Waals surface area contributed by atoms with Crippen molar-refractivity contribution in [1.82, 2.24) is 0 Å². The fraction of sp³-hybridized carbons (Fsp3) is 0.200. The number of halogens is 2. The number of ether oxygens (including phenoxy) is 2. The average Bonchev–Trinajstić information content (AvgIpc) is 2.38. The van der Waals surface area contributed by atoms with Crippen LogP contribution in [0.25, 0.3) is 0 Å². The van der Waals surface area contributed by atoms with E-state index in [0.717, 1.165) is 21.3 Å². The summed E-state index contributed by atoms with van der Waals surface area (Å²) in [5, 5.41) is 0.632. The summed E-state index contributed by atoms with van der Waals surface area (Å²) >= 11 is 9.57. The molecule has 0 saturated heterocycles. The van der Waals surface area contributed by atoms with E-state index in [1.807, 2.05) is 43.3 Å². The zero-order valence-electron chi connectivity index (χ0n) is 10.7. The Labute approximate surface area is 126 Å². The zero-order valence-corrected chi connectivity index (χ0v) is 13.1. The topological polar surface area (TPSA) is 18.5 Å². The van der Waals surface area contributed by atoms with Gasteiger partial charge in [0, 0.05) is 0 Å². The van der Waals surface area contributed by atoms with E-state index >= 15 is 0 Å². The van der Waals surface area contributed by atoms with Gasteiger partial charge in [-0.3, -0.25) is 0 Å². The van der Waals surface area contributed by atoms with Crippen LogP contribution in [0.1, 0.15) is 11.1 Å². The van der Waals surface area contributed by atoms with Crippen molar-refractivity contribution in [3.8, 4) is 11.5 Å². The lowest BCUT2D eigenvalue weighted by molar-refractivity contribution is 0.306. The zero-order chi connectivity index (χ0) is 13.8. The lowest BCUT2D eigenvalue weighted by Crippen LogP contribution is -1.97. The molecule has 2 nitrogen and oxygen atoms in total. The van der Waals surface area contributed by atoms with Gasteiger partial charge in [0.2, 0.25) is 0 Å². The number of aryl methyl sites for hydroxylation is 1. The van der Waals surface area contributed by atoms with Crippen molar-refractivity contribution in [3.05, 3.63) is 57.0 Å². The molecule has 0 heterocycles. The van der Waals surface area contributed by atoms with E-state index in [1.165, 1.54) is 0 Å². The number of methoxy groups -OCH3 is 1. The van der Waals surface area contributed by atoms with E-state index in [-0.39, 0.29) is 0 Å². The van der Waals surface area contributed by atoms with Crippen LogP contribution in [-0.2, 0) is 6.61 Å². The molecule has 0 atom stereocenters. The molecule has 0 aliphatic rings. The molecule has 0 fully saturated rings. The van der Waals surface area contributed by atoms with Crippen LogP contribution in [0.2, 0.25) is 5.02 Å². The van der Waals surface area contributed by atoms with Crippen LogP contribution in [-0.4, -0.2) is 7.11 Å². The minimum Gasteiger partial charge on any atom is -0.496 e. The van der Waals surface area contributed by atoms with Crippen molar-refractivity contribution in [2.45, 2.75) is 13.5 Å². The van der Waals surface area contributed by atoms with Gasteiger partial charge in [0.15, 0.2) is 0 Å². The highest BCUT2D eigenvalue weighted by atomic mass is 79.9. The molecule has 0 unspecified atom stereocenters. The second-order valence-corrected chi connectivity index (χ2v) is 5.45. The predicted molar refractivity (Wildman–Crippen MR) is 81.2 cm³/mol. The van der Waals surface area contributed by atoms with Gasteiger partial charge in [0.25, 0.3) is 0 Å². The first kappa shape index (κ1) is 14.2. The Hall–Kier alpha value is -1.19. The van der Waals surface area contributed by atoms with Crippen LogP contribution in [0, 0.1) is 6.92 Å². The number of hydrogen-bond donors (Lipinski definition) is 0. The molecule has 100 valence electrons. The van der Waals surface area contributed by atoms with Crippen LogP contribution in [0.5, 0.6) is 11.5 Å². The summed E-state index contributed by atoms with van der Waals surface area (Å²) in [6.45, 7) is 2.46. The molecular weight excluding hydrogens is 328 g/mol. The highest BCUT2D eigenvalue weighted by Gasteiger charge is 2.04. The van der Waals surface area contributed by atoms with E-state index in [1.54, 1.807) is 7.11 Å². The van der Waals surface area contributed by atoms with Gasteiger partial charge in [-0.15, -0.1) is 0 Å². The lowest BCUT2D eigenvalue weighted by Gasteiger charge is -2.10. The predicted octanol–water partition coefficient (Wildman–Crippen LogP) is 5.00. The molecule has 2 rings (SSSR count). The molecule has 4 heteroatoms. The second kappa shape index (κ2) is 6.31. The summed E-state index contributed by atoms with van der Waals surface area (Å²) in [5.41, 5.74) is 2.16. The van der Waals surface area contributed by atoms with E-state index in [9.17, 15) is 0 Å². The molecular formula is C15H14BrClO2. The Kier molecular flexibility index (Phi) is 4.72. The van der Waals surface area contributed by atoms with Crippen molar-refractivity contribution in [3.63, 3.8) is 0 Å². The number of hydrogen-bond acceptors (Lipinski definition) is 2. The minimum absolute atomic E-state index is 0.464. The van der Waals surface area contributed by atoms with Crippen molar-refractivity contribution in [2.75, 3.05) is 7.11 Å². The Balaban J connectivity index is 2.08. The Morgan fingerprint density at radius 3 is 2.47 bits per heavy atom. The maximum absolute atomic E-state index is 6.12. The molecule has 2 aromatic rings. The molecule has 0 radical (unpaired) electrons. The third kappa shape index (κ3) is 3.64. The van der Waals surface area contributed by atoms with Gasteiger partial charge in [-0.1, -0.05) is 23.7 Å². The van der Waals surface area contributed by atoms with Crippen LogP contribution in [0.15, 0.2) is 40.9 Å². The molecule has 0 amide bonds. The molecule has 0 aliphatic carbocycles. The average molecular weight is 342 g/mol. The summed E-state index contributed by atoms with van der Waals surface area (Å²) < 4.78 is 11.8. The van der Waals surface area contributed by atoms with Gasteiger partial charge in [0.05, 0.1) is 16.6 Å². The van der Waals surface area contributed by atoms with Gasteiger partial charge in [-0.25, -0.2) is 0 Å². The van der Waals surface area contributed by atoms with Crippen LogP contribution in [0.4, 0.5) is 0 Å². The molecule has 0 bridgehead atoms. The maximum Gasteiger partial charge on any atom is 0.138 e. The van der Waals surface area contributed by atoms with E-state index in [0.29, 0.717) is 17.4 Å². The smallest absolute Gasteiger partial charge is 0.138 e. The van der Waals surface area contributed by atoms with Crippen molar-refractivity contribution in [2.24, 2.45) is 0 Å². The first-order valence-electron chi connectivity index (χ1n) is 5.81. The molecule has 0 aliphatic heterocycles. The fourth-order valence-corrected chi connectivity index (χ4v) is 2.56. The minimum atomic E-state index is 0.464. The van der Waals surface area contributed by atoms with E-state index in [2.05, 4.69) is 15.9 Å². The summed E-state index contributed by atoms with van der Waals surface area (Å²) in [6.07, 6.45) is 0. The van der Waals surface area contributed by atoms with Crippen molar-refractivity contribution in [1.29, 1.82) is 0 Å². The lowest BCUT2D eigenvalue weighted by atomic mass is 10.2. The summed E-state index contributed by atoms with van der Waals surface area (Å²) in [6, 6.07) is 11.6. The number of rotatable bonds is 4. The van der Waals surface area contributed by atoms with Crippen LogP contribution < -0.4 is 9.47 Å². The largest absolute Gasteiger partial charge is 0.496 e. The molecule has 19 heavy (non-hydrogen) atoms. The molecule has 0 saturated carbocycles. The Morgan fingerprint density at radius 2 is 1.84 bits per heavy atom. The van der Waals surface area contributed by atoms with Gasteiger partial charge in [-0.2, -0.15) is 0 Å². The summed E-state index contributed by atoms with van der Waals surface area (Å²) in [7, 11) is 1.64. The Morgan fingerprint density at radius 1 is 1.11 bits per heavy atom. The standard InChI is InChI=1S/C15H14BrClO2/c1-10-3-5-15(13(17)7-10)19-9-11-4-6-14(18-2)12(16)8-11/h3-8H,9H2,1-2H3. The quantitative estimate of drug-likeness (QED) is 0.779. The van der Waals surface area contributed by atoms with Gasteiger partial charge < -0.3 is 9.47 Å². The fourth-order valence-electron chi connectivity index (χ4n) is 1.68. The highest BCUT2D eigenvalue weighted by molar-refractivity contribution is 9.10. The van der Waals surface area contributed by atoms with E-state index < -0.39 is 0 Å². The monoisotopic (exact) mass is 340 g/mol.